The highest BCUT2D eigenvalue weighted by Gasteiger charge is 2.02. The fourth-order valence-corrected chi connectivity index (χ4v) is 2.16. The lowest BCUT2D eigenvalue weighted by atomic mass is 10.1. The number of ether oxygens (including phenoxy) is 1. The van der Waals surface area contributed by atoms with Crippen LogP contribution in [-0.4, -0.2) is 25.8 Å². The highest BCUT2D eigenvalue weighted by molar-refractivity contribution is 4.56. The Morgan fingerprint density at radius 1 is 0.895 bits per heavy atom. The quantitative estimate of drug-likeness (QED) is 0.459. The van der Waals surface area contributed by atoms with E-state index < -0.39 is 0 Å². The van der Waals surface area contributed by atoms with E-state index in [1.165, 1.54) is 51.4 Å². The van der Waals surface area contributed by atoms with Crippen LogP contribution in [0.1, 0.15) is 79.1 Å². The Kier molecular flexibility index (Phi) is 14.3. The van der Waals surface area contributed by atoms with E-state index >= 15 is 0 Å². The number of rotatable bonds is 14. The summed E-state index contributed by atoms with van der Waals surface area (Å²) in [6.07, 6.45) is 10.9. The van der Waals surface area contributed by atoms with Crippen LogP contribution in [0.25, 0.3) is 0 Å². The van der Waals surface area contributed by atoms with Gasteiger partial charge in [0, 0.05) is 6.61 Å². The van der Waals surface area contributed by atoms with Gasteiger partial charge in [-0.15, -0.1) is 0 Å². The van der Waals surface area contributed by atoms with Crippen molar-refractivity contribution in [3.63, 3.8) is 0 Å². The van der Waals surface area contributed by atoms with Crippen LogP contribution in [0.5, 0.6) is 0 Å². The Labute approximate surface area is 121 Å². The summed E-state index contributed by atoms with van der Waals surface area (Å²) < 4.78 is 5.85. The smallest absolute Gasteiger partial charge is 0.0547 e. The standard InChI is InChI=1S/C17H37NO/c1-5-6-7-8-9-10-14-19-17(4)12-11-13-18-15-16(2)3/h16-18H,5-15H2,1-4H3. The predicted molar refractivity (Wildman–Crippen MR) is 85.7 cm³/mol. The summed E-state index contributed by atoms with van der Waals surface area (Å²) in [5.41, 5.74) is 0. The molecule has 19 heavy (non-hydrogen) atoms. The first-order chi connectivity index (χ1) is 9.16. The van der Waals surface area contributed by atoms with Crippen LogP contribution < -0.4 is 5.32 Å². The lowest BCUT2D eigenvalue weighted by molar-refractivity contribution is 0.0562. The summed E-state index contributed by atoms with van der Waals surface area (Å²) in [7, 11) is 0. The zero-order chi connectivity index (χ0) is 14.3. The molecule has 0 radical (unpaired) electrons. The van der Waals surface area contributed by atoms with E-state index in [1.54, 1.807) is 0 Å². The molecule has 0 saturated carbocycles. The van der Waals surface area contributed by atoms with Gasteiger partial charge in [-0.3, -0.25) is 0 Å². The van der Waals surface area contributed by atoms with E-state index in [2.05, 4.69) is 33.0 Å². The van der Waals surface area contributed by atoms with Gasteiger partial charge in [-0.25, -0.2) is 0 Å². The Bertz CT molecular complexity index is 171. The first-order valence-corrected chi connectivity index (χ1v) is 8.49. The summed E-state index contributed by atoms with van der Waals surface area (Å²) in [5.74, 6) is 0.751. The monoisotopic (exact) mass is 271 g/mol. The van der Waals surface area contributed by atoms with Crippen molar-refractivity contribution < 1.29 is 4.74 Å². The SMILES string of the molecule is CCCCCCCCOC(C)CCCNCC(C)C. The molecule has 0 aliphatic rings. The van der Waals surface area contributed by atoms with Crippen LogP contribution in [0.15, 0.2) is 0 Å². The highest BCUT2D eigenvalue weighted by atomic mass is 16.5. The van der Waals surface area contributed by atoms with E-state index in [4.69, 9.17) is 4.74 Å². The van der Waals surface area contributed by atoms with E-state index in [0.717, 1.165) is 25.6 Å². The van der Waals surface area contributed by atoms with E-state index in [9.17, 15) is 0 Å². The summed E-state index contributed by atoms with van der Waals surface area (Å²) in [5, 5.41) is 3.48. The number of nitrogens with one attached hydrogen (secondary N) is 1. The Morgan fingerprint density at radius 2 is 1.58 bits per heavy atom. The lowest BCUT2D eigenvalue weighted by Crippen LogP contribution is -2.22. The second-order valence-electron chi connectivity index (χ2n) is 6.19. The largest absolute Gasteiger partial charge is 0.379 e. The van der Waals surface area contributed by atoms with Crippen molar-refractivity contribution in [3.05, 3.63) is 0 Å². The molecule has 0 bridgehead atoms. The second-order valence-corrected chi connectivity index (χ2v) is 6.19. The first kappa shape index (κ1) is 18.9. The summed E-state index contributed by atoms with van der Waals surface area (Å²) in [4.78, 5) is 0. The lowest BCUT2D eigenvalue weighted by Gasteiger charge is -2.13. The molecular weight excluding hydrogens is 234 g/mol. The molecule has 0 fully saturated rings. The molecule has 0 aliphatic carbocycles. The minimum Gasteiger partial charge on any atom is -0.379 e. The minimum absolute atomic E-state index is 0.427. The van der Waals surface area contributed by atoms with Crippen molar-refractivity contribution in [2.24, 2.45) is 5.92 Å². The average molecular weight is 271 g/mol. The molecule has 0 aromatic carbocycles. The van der Waals surface area contributed by atoms with Crippen LogP contribution in [0.4, 0.5) is 0 Å². The molecule has 0 heterocycles. The molecule has 0 aliphatic heterocycles. The fraction of sp³-hybridized carbons (Fsp3) is 1.00. The molecule has 2 nitrogen and oxygen atoms in total. The second kappa shape index (κ2) is 14.3. The van der Waals surface area contributed by atoms with Gasteiger partial charge in [0.25, 0.3) is 0 Å². The van der Waals surface area contributed by atoms with Crippen molar-refractivity contribution in [1.29, 1.82) is 0 Å². The third-order valence-electron chi connectivity index (χ3n) is 3.42. The van der Waals surface area contributed by atoms with E-state index in [0.29, 0.717) is 6.10 Å². The van der Waals surface area contributed by atoms with Gasteiger partial charge < -0.3 is 10.1 Å². The molecule has 0 saturated heterocycles. The average Bonchev–Trinajstić information content (AvgIpc) is 2.37. The fourth-order valence-electron chi connectivity index (χ4n) is 2.16. The molecule has 0 spiro atoms. The third kappa shape index (κ3) is 15.9. The number of hydrogen-bond donors (Lipinski definition) is 1. The zero-order valence-electron chi connectivity index (χ0n) is 13.8. The molecule has 1 N–H and O–H groups in total. The molecule has 2 heteroatoms. The van der Waals surface area contributed by atoms with Gasteiger partial charge in [-0.1, -0.05) is 52.9 Å². The molecule has 0 aromatic heterocycles. The molecule has 116 valence electrons. The van der Waals surface area contributed by atoms with E-state index in [1.807, 2.05) is 0 Å². The maximum atomic E-state index is 5.85. The van der Waals surface area contributed by atoms with Crippen LogP contribution in [-0.2, 0) is 4.74 Å². The van der Waals surface area contributed by atoms with Gasteiger partial charge in [-0.05, 0) is 45.2 Å². The molecule has 0 amide bonds. The molecular formula is C17H37NO. The first-order valence-electron chi connectivity index (χ1n) is 8.49. The van der Waals surface area contributed by atoms with Gasteiger partial charge >= 0.3 is 0 Å². The van der Waals surface area contributed by atoms with Crippen molar-refractivity contribution in [1.82, 2.24) is 5.32 Å². The van der Waals surface area contributed by atoms with Gasteiger partial charge in [-0.2, -0.15) is 0 Å². The highest BCUT2D eigenvalue weighted by Crippen LogP contribution is 2.07. The molecule has 1 atom stereocenters. The maximum Gasteiger partial charge on any atom is 0.0547 e. The van der Waals surface area contributed by atoms with Crippen LogP contribution >= 0.6 is 0 Å². The van der Waals surface area contributed by atoms with Crippen molar-refractivity contribution in [2.75, 3.05) is 19.7 Å². The normalized spacial score (nSPS) is 13.1. The third-order valence-corrected chi connectivity index (χ3v) is 3.42. The number of hydrogen-bond acceptors (Lipinski definition) is 2. The Hall–Kier alpha value is -0.0800. The topological polar surface area (TPSA) is 21.3 Å². The summed E-state index contributed by atoms with van der Waals surface area (Å²) >= 11 is 0. The Morgan fingerprint density at radius 3 is 2.26 bits per heavy atom. The van der Waals surface area contributed by atoms with Crippen molar-refractivity contribution >= 4 is 0 Å². The Balaban J connectivity index is 3.14. The van der Waals surface area contributed by atoms with Crippen LogP contribution in [0.3, 0.4) is 0 Å². The minimum atomic E-state index is 0.427. The van der Waals surface area contributed by atoms with Gasteiger partial charge in [0.2, 0.25) is 0 Å². The van der Waals surface area contributed by atoms with Gasteiger partial charge in [0.05, 0.1) is 6.10 Å². The van der Waals surface area contributed by atoms with Crippen molar-refractivity contribution in [2.45, 2.75) is 85.2 Å². The summed E-state index contributed by atoms with van der Waals surface area (Å²) in [6.45, 7) is 12.2. The van der Waals surface area contributed by atoms with Gasteiger partial charge in [0.15, 0.2) is 0 Å². The summed E-state index contributed by atoms with van der Waals surface area (Å²) in [6, 6.07) is 0. The van der Waals surface area contributed by atoms with E-state index in [-0.39, 0.29) is 0 Å². The molecule has 1 unspecified atom stereocenters. The molecule has 0 aromatic rings. The van der Waals surface area contributed by atoms with Crippen molar-refractivity contribution in [3.8, 4) is 0 Å². The van der Waals surface area contributed by atoms with Gasteiger partial charge in [0.1, 0.15) is 0 Å². The maximum absolute atomic E-state index is 5.85. The zero-order valence-corrected chi connectivity index (χ0v) is 13.8. The molecule has 0 rings (SSSR count). The van der Waals surface area contributed by atoms with Crippen LogP contribution in [0.2, 0.25) is 0 Å². The van der Waals surface area contributed by atoms with Crippen LogP contribution in [0, 0.1) is 5.92 Å². The predicted octanol–water partition coefficient (Wildman–Crippen LogP) is 4.78. The number of unbranched alkanes of at least 4 members (excludes halogenated alkanes) is 5.